The lowest BCUT2D eigenvalue weighted by atomic mass is 10.2. The van der Waals surface area contributed by atoms with Crippen molar-refractivity contribution in [2.24, 2.45) is 0 Å². The van der Waals surface area contributed by atoms with Gasteiger partial charge in [-0.3, -0.25) is 23.6 Å². The van der Waals surface area contributed by atoms with E-state index in [2.05, 4.69) is 0 Å². The Labute approximate surface area is 206 Å². The molecule has 0 N–H and O–H groups in total. The molecule has 0 spiro atoms. The number of fused-ring (bicyclic) bond motifs is 1. The van der Waals surface area contributed by atoms with Crippen LogP contribution in [0.1, 0.15) is 30.6 Å². The molecular formula is C24H27FN3O7P. The van der Waals surface area contributed by atoms with Gasteiger partial charge in [-0.1, -0.05) is 18.2 Å². The highest BCUT2D eigenvalue weighted by atomic mass is 31.2. The lowest BCUT2D eigenvalue weighted by molar-refractivity contribution is -0.138. The summed E-state index contributed by atoms with van der Waals surface area (Å²) in [6.45, 7) is 3.75. The van der Waals surface area contributed by atoms with Crippen LogP contribution in [0, 0.1) is 5.82 Å². The average molecular weight is 519 g/mol. The molecule has 0 unspecified atom stereocenters. The predicted octanol–water partition coefficient (Wildman–Crippen LogP) is 3.22. The van der Waals surface area contributed by atoms with Crippen molar-refractivity contribution in [2.75, 3.05) is 20.3 Å². The van der Waals surface area contributed by atoms with E-state index in [1.54, 1.807) is 39.1 Å². The molecule has 1 aliphatic rings. The highest BCUT2D eigenvalue weighted by molar-refractivity contribution is 7.54. The van der Waals surface area contributed by atoms with E-state index in [1.807, 2.05) is 0 Å². The number of para-hydroxylation sites is 1. The van der Waals surface area contributed by atoms with E-state index in [1.165, 1.54) is 27.8 Å². The highest BCUT2D eigenvalue weighted by Gasteiger charge is 2.46. The van der Waals surface area contributed by atoms with E-state index < -0.39 is 42.5 Å². The van der Waals surface area contributed by atoms with Crippen LogP contribution in [0.2, 0.25) is 0 Å². The number of halogens is 1. The van der Waals surface area contributed by atoms with Crippen LogP contribution in [0.4, 0.5) is 4.39 Å². The van der Waals surface area contributed by atoms with E-state index in [4.69, 9.17) is 13.9 Å². The zero-order valence-corrected chi connectivity index (χ0v) is 21.0. The minimum atomic E-state index is -3.53. The Morgan fingerprint density at radius 2 is 1.81 bits per heavy atom. The summed E-state index contributed by atoms with van der Waals surface area (Å²) in [6, 6.07) is 11.2. The first-order valence-electron chi connectivity index (χ1n) is 11.5. The molecule has 0 radical (unpaired) electrons. The maximum atomic E-state index is 13.7. The number of carbonyl (C=O) groups is 1. The molecule has 2 aromatic carbocycles. The van der Waals surface area contributed by atoms with Crippen molar-refractivity contribution in [2.45, 2.75) is 38.7 Å². The van der Waals surface area contributed by atoms with Crippen molar-refractivity contribution in [3.05, 3.63) is 80.7 Å². The number of nitrogens with zero attached hydrogens (tertiary/aromatic N) is 3. The van der Waals surface area contributed by atoms with Crippen molar-refractivity contribution < 1.29 is 27.6 Å². The monoisotopic (exact) mass is 519 g/mol. The molecular weight excluding hydrogens is 492 g/mol. The Balaban J connectivity index is 1.76. The van der Waals surface area contributed by atoms with Gasteiger partial charge in [0.05, 0.1) is 36.8 Å². The van der Waals surface area contributed by atoms with Gasteiger partial charge in [0.1, 0.15) is 11.6 Å². The van der Waals surface area contributed by atoms with Crippen molar-refractivity contribution in [3.8, 4) is 0 Å². The van der Waals surface area contributed by atoms with Gasteiger partial charge in [-0.05, 0) is 44.2 Å². The molecule has 4 rings (SSSR count). The Hall–Kier alpha value is -2.95. The fourth-order valence-electron chi connectivity index (χ4n) is 4.37. The number of hydroxylamine groups is 2. The summed E-state index contributed by atoms with van der Waals surface area (Å²) in [4.78, 5) is 45.6. The molecule has 1 aromatic heterocycles. The van der Waals surface area contributed by atoms with Crippen LogP contribution < -0.4 is 11.2 Å². The molecule has 192 valence electrons. The van der Waals surface area contributed by atoms with Gasteiger partial charge in [0.2, 0.25) is 0 Å². The molecule has 0 amide bonds. The maximum absolute atomic E-state index is 13.7. The summed E-state index contributed by atoms with van der Waals surface area (Å²) >= 11 is 0. The van der Waals surface area contributed by atoms with Crippen LogP contribution in [0.15, 0.2) is 58.1 Å². The zero-order valence-electron chi connectivity index (χ0n) is 20.1. The van der Waals surface area contributed by atoms with Crippen LogP contribution >= 0.6 is 7.60 Å². The topological polar surface area (TPSA) is 109 Å². The summed E-state index contributed by atoms with van der Waals surface area (Å²) < 4.78 is 39.8. The molecule has 2 heterocycles. The Bertz CT molecular complexity index is 1440. The lowest BCUT2D eigenvalue weighted by Crippen LogP contribution is -2.45. The summed E-state index contributed by atoms with van der Waals surface area (Å²) in [7, 11) is -1.93. The number of rotatable bonds is 8. The molecule has 0 bridgehead atoms. The Morgan fingerprint density at radius 3 is 2.47 bits per heavy atom. The second-order valence-electron chi connectivity index (χ2n) is 8.23. The second kappa shape index (κ2) is 10.6. The van der Waals surface area contributed by atoms with Crippen molar-refractivity contribution in [1.82, 2.24) is 14.2 Å². The van der Waals surface area contributed by atoms with E-state index in [0.717, 1.165) is 12.1 Å². The first-order chi connectivity index (χ1) is 17.2. The third-order valence-electron chi connectivity index (χ3n) is 5.90. The van der Waals surface area contributed by atoms with Gasteiger partial charge in [0, 0.05) is 19.0 Å². The maximum Gasteiger partial charge on any atom is 0.350 e. The largest absolute Gasteiger partial charge is 0.350 e. The van der Waals surface area contributed by atoms with Gasteiger partial charge >= 0.3 is 13.3 Å². The van der Waals surface area contributed by atoms with E-state index in [0.29, 0.717) is 10.1 Å². The molecule has 1 aliphatic heterocycles. The van der Waals surface area contributed by atoms with E-state index in [-0.39, 0.29) is 37.1 Å². The van der Waals surface area contributed by atoms with Crippen molar-refractivity contribution in [3.63, 3.8) is 0 Å². The number of benzene rings is 2. The number of aromatic nitrogens is 2. The standard InChI is InChI=1S/C24H27FN3O7P/c1-4-33-36(32,34-5-2)21-14-18(35-26(21)3)15-27-20-12-7-6-11-19(20)23(30)28(24(27)31)22(29)16-9-8-10-17(25)13-16/h6-13,18,21H,4-5,14-15H2,1-3H3/t18-,21+/m0/s1. The average Bonchev–Trinajstić information content (AvgIpc) is 3.23. The van der Waals surface area contributed by atoms with Gasteiger partial charge < -0.3 is 9.05 Å². The zero-order chi connectivity index (χ0) is 26.0. The first kappa shape index (κ1) is 26.1. The van der Waals surface area contributed by atoms with Crippen molar-refractivity contribution in [1.29, 1.82) is 0 Å². The minimum absolute atomic E-state index is 0.0465. The minimum Gasteiger partial charge on any atom is -0.308 e. The Kier molecular flexibility index (Phi) is 7.67. The second-order valence-corrected chi connectivity index (χ2v) is 10.4. The smallest absolute Gasteiger partial charge is 0.308 e. The molecule has 1 saturated heterocycles. The third-order valence-corrected chi connectivity index (χ3v) is 8.41. The Morgan fingerprint density at radius 1 is 1.11 bits per heavy atom. The fraction of sp³-hybridized carbons (Fsp3) is 0.375. The lowest BCUT2D eigenvalue weighted by Gasteiger charge is -2.25. The van der Waals surface area contributed by atoms with Crippen LogP contribution in [0.3, 0.4) is 0 Å². The highest BCUT2D eigenvalue weighted by Crippen LogP contribution is 2.57. The van der Waals surface area contributed by atoms with Crippen molar-refractivity contribution >= 4 is 24.4 Å². The molecule has 0 aliphatic carbocycles. The van der Waals surface area contributed by atoms with Gasteiger partial charge in [-0.25, -0.2) is 9.18 Å². The molecule has 10 nitrogen and oxygen atoms in total. The number of hydrogen-bond acceptors (Lipinski definition) is 8. The summed E-state index contributed by atoms with van der Waals surface area (Å²) in [5, 5.41) is 1.54. The predicted molar refractivity (Wildman–Crippen MR) is 130 cm³/mol. The first-order valence-corrected chi connectivity index (χ1v) is 13.1. The molecule has 12 heteroatoms. The van der Waals surface area contributed by atoms with Gasteiger partial charge in [-0.2, -0.15) is 9.63 Å². The van der Waals surface area contributed by atoms with Crippen LogP contribution in [-0.2, 0) is 25.0 Å². The molecule has 2 atom stereocenters. The summed E-state index contributed by atoms with van der Waals surface area (Å²) in [6.07, 6.45) is -0.420. The van der Waals surface area contributed by atoms with Crippen LogP contribution in [0.25, 0.3) is 10.9 Å². The van der Waals surface area contributed by atoms with E-state index in [9.17, 15) is 23.3 Å². The fourth-order valence-corrected chi connectivity index (χ4v) is 6.45. The summed E-state index contributed by atoms with van der Waals surface area (Å²) in [5.41, 5.74) is -1.52. The van der Waals surface area contributed by atoms with Gasteiger partial charge in [0.15, 0.2) is 0 Å². The number of hydrogen-bond donors (Lipinski definition) is 0. The molecule has 1 fully saturated rings. The third kappa shape index (κ3) is 4.85. The summed E-state index contributed by atoms with van der Waals surface area (Å²) in [5.74, 6) is -2.32. The van der Waals surface area contributed by atoms with Gasteiger partial charge in [0.25, 0.3) is 11.5 Å². The van der Waals surface area contributed by atoms with E-state index >= 15 is 0 Å². The van der Waals surface area contributed by atoms with Gasteiger partial charge in [-0.15, -0.1) is 0 Å². The SMILES string of the molecule is CCOP(=O)(OCC)[C@@H]1C[C@@H](Cn2c(=O)n(C(=O)c3cccc(F)c3)c(=O)c3ccccc32)ON1C. The quantitative estimate of drug-likeness (QED) is 0.418. The van der Waals surface area contributed by atoms with Crippen LogP contribution in [-0.4, -0.2) is 52.3 Å². The molecule has 36 heavy (non-hydrogen) atoms. The van der Waals surface area contributed by atoms with Crippen LogP contribution in [0.5, 0.6) is 0 Å². The molecule has 3 aromatic rings. The number of carbonyl (C=O) groups excluding carboxylic acids is 1. The molecule has 0 saturated carbocycles. The normalized spacial score (nSPS) is 18.7.